The molecule has 0 spiro atoms. The Hall–Kier alpha value is -1.77. The number of rotatable bonds is 8. The molecule has 1 amide bonds. The Balaban J connectivity index is 1.70. The highest BCUT2D eigenvalue weighted by molar-refractivity contribution is 7.89. The summed E-state index contributed by atoms with van der Waals surface area (Å²) < 4.78 is 70.9. The van der Waals surface area contributed by atoms with E-state index in [1.807, 2.05) is 0 Å². The summed E-state index contributed by atoms with van der Waals surface area (Å²) >= 11 is 0. The third-order valence-corrected chi connectivity index (χ3v) is 6.40. The van der Waals surface area contributed by atoms with E-state index >= 15 is 0 Å². The SMILES string of the molecule is CS(=O)(=O)NC(=O)c1cc(C2CC2)c(OCC2CCC(CF)(CF)CC2)cc1F. The molecule has 0 unspecified atom stereocenters. The molecule has 2 fully saturated rings. The van der Waals surface area contributed by atoms with Crippen molar-refractivity contribution in [3.05, 3.63) is 29.1 Å². The van der Waals surface area contributed by atoms with E-state index in [1.165, 1.54) is 6.07 Å². The summed E-state index contributed by atoms with van der Waals surface area (Å²) in [7, 11) is -3.81. The largest absolute Gasteiger partial charge is 0.493 e. The van der Waals surface area contributed by atoms with Crippen LogP contribution in [0.4, 0.5) is 13.2 Å². The van der Waals surface area contributed by atoms with Crippen LogP contribution in [0.25, 0.3) is 0 Å². The van der Waals surface area contributed by atoms with Gasteiger partial charge >= 0.3 is 0 Å². The van der Waals surface area contributed by atoms with Gasteiger partial charge < -0.3 is 4.74 Å². The predicted molar refractivity (Wildman–Crippen MR) is 103 cm³/mol. The van der Waals surface area contributed by atoms with Crippen molar-refractivity contribution in [1.82, 2.24) is 4.72 Å². The second kappa shape index (κ2) is 8.53. The van der Waals surface area contributed by atoms with Gasteiger partial charge in [-0.3, -0.25) is 13.6 Å². The highest BCUT2D eigenvalue weighted by atomic mass is 32.2. The van der Waals surface area contributed by atoms with Crippen molar-refractivity contribution < 1.29 is 31.1 Å². The lowest BCUT2D eigenvalue weighted by Crippen LogP contribution is -2.33. The van der Waals surface area contributed by atoms with Crippen molar-refractivity contribution in [2.45, 2.75) is 44.4 Å². The number of carbonyl (C=O) groups excluding carboxylic acids is 1. The monoisotopic (exact) mass is 433 g/mol. The van der Waals surface area contributed by atoms with Gasteiger partial charge in [0.2, 0.25) is 10.0 Å². The Bertz CT molecular complexity index is 857. The molecule has 1 aromatic carbocycles. The standard InChI is InChI=1S/C20H26F3NO4S/c1-29(26,27)24-19(25)16-8-15(14-2-3-14)18(9-17(16)23)28-10-13-4-6-20(11-21,12-22)7-5-13/h8-9,13-14H,2-7,10-12H2,1H3,(H,24,25). The molecule has 2 aliphatic carbocycles. The topological polar surface area (TPSA) is 72.5 Å². The van der Waals surface area contributed by atoms with E-state index in [0.29, 0.717) is 43.6 Å². The Labute approximate surface area is 169 Å². The molecule has 0 bridgehead atoms. The van der Waals surface area contributed by atoms with Gasteiger partial charge in [-0.05, 0) is 62.0 Å². The van der Waals surface area contributed by atoms with Crippen LogP contribution in [0.5, 0.6) is 5.75 Å². The molecule has 2 aliphatic rings. The second-order valence-corrected chi connectivity index (χ2v) is 10.1. The fourth-order valence-electron chi connectivity index (χ4n) is 3.77. The van der Waals surface area contributed by atoms with Crippen LogP contribution in [0.2, 0.25) is 0 Å². The second-order valence-electron chi connectivity index (χ2n) is 8.37. The molecule has 0 aromatic heterocycles. The molecule has 3 rings (SSSR count). The van der Waals surface area contributed by atoms with E-state index < -0.39 is 40.5 Å². The van der Waals surface area contributed by atoms with Crippen LogP contribution < -0.4 is 9.46 Å². The highest BCUT2D eigenvalue weighted by Crippen LogP contribution is 2.46. The average molecular weight is 433 g/mol. The molecule has 5 nitrogen and oxygen atoms in total. The lowest BCUT2D eigenvalue weighted by molar-refractivity contribution is 0.0639. The number of sulfonamides is 1. The number of amides is 1. The zero-order valence-electron chi connectivity index (χ0n) is 16.3. The minimum atomic E-state index is -3.81. The van der Waals surface area contributed by atoms with Crippen LogP contribution in [0.15, 0.2) is 12.1 Å². The van der Waals surface area contributed by atoms with Crippen LogP contribution in [0.1, 0.15) is 60.4 Å². The van der Waals surface area contributed by atoms with Crippen LogP contribution in [-0.2, 0) is 10.0 Å². The molecule has 1 aromatic rings. The van der Waals surface area contributed by atoms with Gasteiger partial charge in [0, 0.05) is 11.5 Å². The third kappa shape index (κ3) is 5.43. The quantitative estimate of drug-likeness (QED) is 0.675. The molecular formula is C20H26F3NO4S. The van der Waals surface area contributed by atoms with Crippen molar-refractivity contribution in [3.8, 4) is 5.75 Å². The molecule has 0 radical (unpaired) electrons. The number of hydrogen-bond acceptors (Lipinski definition) is 4. The van der Waals surface area contributed by atoms with Gasteiger partial charge in [-0.1, -0.05) is 0 Å². The molecular weight excluding hydrogens is 407 g/mol. The Morgan fingerprint density at radius 2 is 1.79 bits per heavy atom. The molecule has 162 valence electrons. The van der Waals surface area contributed by atoms with Crippen LogP contribution in [0.3, 0.4) is 0 Å². The molecule has 1 N–H and O–H groups in total. The summed E-state index contributed by atoms with van der Waals surface area (Å²) in [6, 6.07) is 2.49. The molecule has 2 saturated carbocycles. The molecule has 29 heavy (non-hydrogen) atoms. The smallest absolute Gasteiger partial charge is 0.267 e. The van der Waals surface area contributed by atoms with Crippen LogP contribution in [0, 0.1) is 17.2 Å². The summed E-state index contributed by atoms with van der Waals surface area (Å²) in [6.07, 6.45) is 4.80. The summed E-state index contributed by atoms with van der Waals surface area (Å²) in [5.41, 5.74) is -0.517. The van der Waals surface area contributed by atoms with Crippen molar-refractivity contribution in [2.24, 2.45) is 11.3 Å². The Kier molecular flexibility index (Phi) is 6.45. The molecule has 0 atom stereocenters. The van der Waals surface area contributed by atoms with E-state index in [9.17, 15) is 26.4 Å². The molecule has 9 heteroatoms. The first kappa shape index (κ1) is 21.9. The normalized spacial score (nSPS) is 19.7. The maximum Gasteiger partial charge on any atom is 0.267 e. The first-order chi connectivity index (χ1) is 13.7. The number of alkyl halides is 2. The number of ether oxygens (including phenoxy) is 1. The van der Waals surface area contributed by atoms with Gasteiger partial charge in [-0.2, -0.15) is 0 Å². The van der Waals surface area contributed by atoms with Gasteiger partial charge in [0.05, 0.1) is 31.8 Å². The Morgan fingerprint density at radius 3 is 2.31 bits per heavy atom. The van der Waals surface area contributed by atoms with E-state index in [1.54, 1.807) is 4.72 Å². The van der Waals surface area contributed by atoms with Gasteiger partial charge in [-0.15, -0.1) is 0 Å². The van der Waals surface area contributed by atoms with Crippen LogP contribution in [-0.4, -0.2) is 40.5 Å². The predicted octanol–water partition coefficient (Wildman–Crippen LogP) is 3.89. The third-order valence-electron chi connectivity index (χ3n) is 5.85. The zero-order chi connectivity index (χ0) is 21.2. The van der Waals surface area contributed by atoms with Crippen molar-refractivity contribution in [1.29, 1.82) is 0 Å². The minimum Gasteiger partial charge on any atom is -0.493 e. The lowest BCUT2D eigenvalue weighted by atomic mass is 9.72. The van der Waals surface area contributed by atoms with Crippen molar-refractivity contribution in [3.63, 3.8) is 0 Å². The zero-order valence-corrected chi connectivity index (χ0v) is 17.2. The first-order valence-corrected chi connectivity index (χ1v) is 11.7. The Morgan fingerprint density at radius 1 is 1.17 bits per heavy atom. The van der Waals surface area contributed by atoms with Gasteiger partial charge in [0.15, 0.2) is 0 Å². The molecule has 0 saturated heterocycles. The number of halogens is 3. The summed E-state index contributed by atoms with van der Waals surface area (Å²) in [5.74, 6) is -1.26. The van der Waals surface area contributed by atoms with Gasteiger partial charge in [0.25, 0.3) is 5.91 Å². The number of benzene rings is 1. The van der Waals surface area contributed by atoms with E-state index in [2.05, 4.69) is 0 Å². The number of hydrogen-bond donors (Lipinski definition) is 1. The fourth-order valence-corrected chi connectivity index (χ4v) is 4.22. The van der Waals surface area contributed by atoms with Gasteiger partial charge in [0.1, 0.15) is 11.6 Å². The molecule has 0 heterocycles. The molecule has 0 aliphatic heterocycles. The fraction of sp³-hybridized carbons (Fsp3) is 0.650. The summed E-state index contributed by atoms with van der Waals surface area (Å²) in [4.78, 5) is 12.1. The van der Waals surface area contributed by atoms with E-state index in [-0.39, 0.29) is 17.4 Å². The van der Waals surface area contributed by atoms with E-state index in [0.717, 1.165) is 25.2 Å². The minimum absolute atomic E-state index is 0.129. The maximum absolute atomic E-state index is 14.5. The van der Waals surface area contributed by atoms with Crippen molar-refractivity contribution in [2.75, 3.05) is 26.2 Å². The lowest BCUT2D eigenvalue weighted by Gasteiger charge is -2.36. The van der Waals surface area contributed by atoms with E-state index in [4.69, 9.17) is 4.74 Å². The first-order valence-electron chi connectivity index (χ1n) is 9.76. The van der Waals surface area contributed by atoms with Crippen molar-refractivity contribution >= 4 is 15.9 Å². The summed E-state index contributed by atoms with van der Waals surface area (Å²) in [5, 5.41) is 0. The number of carbonyl (C=O) groups is 1. The maximum atomic E-state index is 14.5. The van der Waals surface area contributed by atoms with Crippen LogP contribution >= 0.6 is 0 Å². The average Bonchev–Trinajstić information content (AvgIpc) is 3.50. The highest BCUT2D eigenvalue weighted by Gasteiger charge is 2.36. The van der Waals surface area contributed by atoms with Gasteiger partial charge in [-0.25, -0.2) is 17.5 Å². The summed E-state index contributed by atoms with van der Waals surface area (Å²) in [6.45, 7) is -1.01. The number of nitrogens with one attached hydrogen (secondary N) is 1.